The first kappa shape index (κ1) is 32.5. The molecule has 0 aliphatic rings. The molecule has 7 rings (SSSR count). The van der Waals surface area contributed by atoms with Gasteiger partial charge in [-0.2, -0.15) is 17.2 Å². The van der Waals surface area contributed by atoms with Crippen molar-refractivity contribution < 1.29 is 25.8 Å². The molecule has 0 aliphatic carbocycles. The molecular formula is C41H38N4OPt. The van der Waals surface area contributed by atoms with Gasteiger partial charge in [0.05, 0.1) is 6.20 Å². The minimum absolute atomic E-state index is 0. The van der Waals surface area contributed by atoms with Gasteiger partial charge in [0.2, 0.25) is 0 Å². The predicted octanol–water partition coefficient (Wildman–Crippen LogP) is 9.98. The maximum Gasteiger partial charge on any atom is 2.00 e. The van der Waals surface area contributed by atoms with E-state index >= 15 is 0 Å². The molecule has 0 unspecified atom stereocenters. The summed E-state index contributed by atoms with van der Waals surface area (Å²) >= 11 is 0. The van der Waals surface area contributed by atoms with Crippen molar-refractivity contribution in [1.29, 1.82) is 0 Å². The molecular weight excluding hydrogens is 760 g/mol. The van der Waals surface area contributed by atoms with Crippen molar-refractivity contribution in [2.45, 2.75) is 60.3 Å². The first-order valence-electron chi connectivity index (χ1n) is 16.3. The van der Waals surface area contributed by atoms with Gasteiger partial charge in [0.25, 0.3) is 0 Å². The minimum Gasteiger partial charge on any atom is -0.509 e. The van der Waals surface area contributed by atoms with Crippen LogP contribution in [0.1, 0.15) is 55.5 Å². The summed E-state index contributed by atoms with van der Waals surface area (Å²) in [5, 5.41) is 7.06. The Balaban J connectivity index is 0.00000386. The van der Waals surface area contributed by atoms with Crippen LogP contribution in [0.15, 0.2) is 91.4 Å². The Labute approximate surface area is 291 Å². The number of hydrogen-bond acceptors (Lipinski definition) is 3. The molecule has 5 nitrogen and oxygen atoms in total. The number of ether oxygens (including phenoxy) is 1. The molecule has 0 atom stereocenters. The molecule has 0 amide bonds. The Kier molecular flexibility index (Phi) is 9.47. The van der Waals surface area contributed by atoms with Gasteiger partial charge in [0, 0.05) is 35.0 Å². The molecule has 0 N–H and O–H groups in total. The Morgan fingerprint density at radius 2 is 1.49 bits per heavy atom. The molecule has 0 aliphatic heterocycles. The number of pyridine rings is 1. The summed E-state index contributed by atoms with van der Waals surface area (Å²) in [4.78, 5) is 4.69. The van der Waals surface area contributed by atoms with Crippen molar-refractivity contribution in [3.8, 4) is 34.1 Å². The van der Waals surface area contributed by atoms with E-state index in [0.717, 1.165) is 70.1 Å². The molecule has 4 aromatic carbocycles. The summed E-state index contributed by atoms with van der Waals surface area (Å²) in [5.74, 6) is 2.07. The van der Waals surface area contributed by atoms with E-state index in [9.17, 15) is 0 Å². The normalized spacial score (nSPS) is 11.3. The van der Waals surface area contributed by atoms with Crippen LogP contribution in [0, 0.1) is 19.1 Å². The first-order valence-corrected chi connectivity index (χ1v) is 16.3. The molecule has 0 bridgehead atoms. The second kappa shape index (κ2) is 13.7. The van der Waals surface area contributed by atoms with E-state index in [1.54, 1.807) is 0 Å². The number of para-hydroxylation sites is 1. The zero-order valence-electron chi connectivity index (χ0n) is 27.5. The summed E-state index contributed by atoms with van der Waals surface area (Å²) in [5.41, 5.74) is 12.2. The molecule has 0 fully saturated rings. The summed E-state index contributed by atoms with van der Waals surface area (Å²) in [7, 11) is 0. The van der Waals surface area contributed by atoms with Gasteiger partial charge in [-0.3, -0.25) is 4.68 Å². The van der Waals surface area contributed by atoms with Crippen molar-refractivity contribution in [2.75, 3.05) is 0 Å². The number of hydrogen-bond donors (Lipinski definition) is 0. The van der Waals surface area contributed by atoms with Crippen LogP contribution >= 0.6 is 0 Å². The van der Waals surface area contributed by atoms with E-state index in [4.69, 9.17) is 14.8 Å². The largest absolute Gasteiger partial charge is 2.00 e. The SMILES string of the molecule is CCc1cc(CC)c(CC)c(-c2cnn(-c3[c-]c(Oc4[c-]c5c(cc4)c4ccccc4n5-c4cc(C)ccn4)ccc3)c2)c1CC.[Pt+2]. The van der Waals surface area contributed by atoms with Gasteiger partial charge in [-0.15, -0.1) is 35.7 Å². The molecule has 3 aromatic heterocycles. The van der Waals surface area contributed by atoms with Gasteiger partial charge in [0.15, 0.2) is 0 Å². The third-order valence-electron chi connectivity index (χ3n) is 8.97. The van der Waals surface area contributed by atoms with Crippen molar-refractivity contribution >= 4 is 21.8 Å². The van der Waals surface area contributed by atoms with E-state index in [0.29, 0.717) is 11.5 Å². The topological polar surface area (TPSA) is 44.9 Å². The third kappa shape index (κ3) is 5.94. The molecule has 3 heterocycles. The van der Waals surface area contributed by atoms with Crippen LogP contribution in [-0.2, 0) is 46.7 Å². The van der Waals surface area contributed by atoms with Gasteiger partial charge in [0.1, 0.15) is 5.82 Å². The van der Waals surface area contributed by atoms with E-state index in [1.807, 2.05) is 47.4 Å². The van der Waals surface area contributed by atoms with Crippen LogP contribution < -0.4 is 4.74 Å². The summed E-state index contributed by atoms with van der Waals surface area (Å²) in [6.07, 6.45) is 10.0. The molecule has 6 heteroatoms. The molecule has 0 saturated heterocycles. The monoisotopic (exact) mass is 797 g/mol. The minimum atomic E-state index is 0. The van der Waals surface area contributed by atoms with Crippen LogP contribution in [0.2, 0.25) is 0 Å². The third-order valence-corrected chi connectivity index (χ3v) is 8.97. The van der Waals surface area contributed by atoms with Crippen molar-refractivity contribution in [1.82, 2.24) is 19.3 Å². The number of aryl methyl sites for hydroxylation is 3. The fraction of sp³-hybridized carbons (Fsp3) is 0.220. The molecule has 47 heavy (non-hydrogen) atoms. The average Bonchev–Trinajstić information content (AvgIpc) is 3.70. The smallest absolute Gasteiger partial charge is 0.509 e. The van der Waals surface area contributed by atoms with Gasteiger partial charge >= 0.3 is 21.1 Å². The van der Waals surface area contributed by atoms with E-state index in [1.165, 1.54) is 27.8 Å². The zero-order chi connectivity index (χ0) is 31.8. The van der Waals surface area contributed by atoms with Crippen molar-refractivity contribution in [3.05, 3.63) is 131 Å². The van der Waals surface area contributed by atoms with E-state index in [2.05, 4.69) is 100.0 Å². The number of fused-ring (bicyclic) bond motifs is 3. The summed E-state index contributed by atoms with van der Waals surface area (Å²) < 4.78 is 10.5. The average molecular weight is 798 g/mol. The molecule has 0 spiro atoms. The molecule has 0 saturated carbocycles. The van der Waals surface area contributed by atoms with E-state index < -0.39 is 0 Å². The second-order valence-electron chi connectivity index (χ2n) is 11.7. The molecule has 238 valence electrons. The molecule has 7 aromatic rings. The maximum atomic E-state index is 6.40. The number of benzene rings is 4. The first-order chi connectivity index (χ1) is 22.5. The number of aromatic nitrogens is 4. The van der Waals surface area contributed by atoms with Crippen LogP contribution in [0.5, 0.6) is 11.5 Å². The summed E-state index contributed by atoms with van der Waals surface area (Å²) in [6.45, 7) is 11.1. The Morgan fingerprint density at radius 3 is 2.21 bits per heavy atom. The predicted molar refractivity (Wildman–Crippen MR) is 188 cm³/mol. The van der Waals surface area contributed by atoms with Gasteiger partial charge in [-0.1, -0.05) is 57.5 Å². The summed E-state index contributed by atoms with van der Waals surface area (Å²) in [6, 6.07) is 31.9. The standard InChI is InChI=1S/C41H38N4O.Pt/c1-6-28-22-29(7-2)35(9-4)41(34(28)8-3)30-25-43-44(26-30)31-13-12-14-32(23-31)46-33-17-18-37-36-15-10-11-16-38(36)45(39(37)24-33)40-21-27(5)19-20-42-40;/h10-22,25-26H,6-9H2,1-5H3;/q-2;+2. The van der Waals surface area contributed by atoms with Gasteiger partial charge in [-0.05, 0) is 95.3 Å². The van der Waals surface area contributed by atoms with Crippen molar-refractivity contribution in [2.24, 2.45) is 0 Å². The van der Waals surface area contributed by atoms with E-state index in [-0.39, 0.29) is 21.1 Å². The zero-order valence-corrected chi connectivity index (χ0v) is 29.8. The fourth-order valence-electron chi connectivity index (χ4n) is 6.82. The number of rotatable bonds is 9. The Bertz CT molecular complexity index is 2180. The van der Waals surface area contributed by atoms with Crippen LogP contribution in [-0.4, -0.2) is 19.3 Å². The quantitative estimate of drug-likeness (QED) is 0.137. The molecule has 0 radical (unpaired) electrons. The fourth-order valence-corrected chi connectivity index (χ4v) is 6.82. The van der Waals surface area contributed by atoms with Crippen LogP contribution in [0.3, 0.4) is 0 Å². The van der Waals surface area contributed by atoms with Crippen molar-refractivity contribution in [3.63, 3.8) is 0 Å². The number of nitrogens with zero attached hydrogens (tertiary/aromatic N) is 4. The van der Waals surface area contributed by atoms with Gasteiger partial charge in [-0.25, -0.2) is 4.98 Å². The second-order valence-corrected chi connectivity index (χ2v) is 11.7. The van der Waals surface area contributed by atoms with Gasteiger partial charge < -0.3 is 9.30 Å². The Morgan fingerprint density at radius 1 is 0.745 bits per heavy atom. The van der Waals surface area contributed by atoms with Crippen LogP contribution in [0.25, 0.3) is 44.4 Å². The maximum absolute atomic E-state index is 6.40. The van der Waals surface area contributed by atoms with Crippen LogP contribution in [0.4, 0.5) is 0 Å². The Hall–Kier alpha value is -4.47.